The lowest BCUT2D eigenvalue weighted by Crippen LogP contribution is -2.29. The van der Waals surface area contributed by atoms with E-state index in [1.54, 1.807) is 21.3 Å². The first-order chi connectivity index (χ1) is 13.0. The van der Waals surface area contributed by atoms with Crippen LogP contribution in [0.5, 0.6) is 0 Å². The van der Waals surface area contributed by atoms with Crippen molar-refractivity contribution in [3.8, 4) is 0 Å². The van der Waals surface area contributed by atoms with Gasteiger partial charge in [-0.2, -0.15) is 0 Å². The van der Waals surface area contributed by atoms with E-state index in [4.69, 9.17) is 14.2 Å². The molecule has 0 fully saturated rings. The van der Waals surface area contributed by atoms with E-state index in [1.807, 2.05) is 48.7 Å². The Balaban J connectivity index is 1.84. The first-order valence-corrected chi connectivity index (χ1v) is 9.42. The number of para-hydroxylation sites is 1. The van der Waals surface area contributed by atoms with Crippen LogP contribution in [0.1, 0.15) is 25.1 Å². The highest BCUT2D eigenvalue weighted by Gasteiger charge is 2.40. The molecule has 0 radical (unpaired) electrons. The Labute approximate surface area is 163 Å². The van der Waals surface area contributed by atoms with Gasteiger partial charge >= 0.3 is 0 Å². The van der Waals surface area contributed by atoms with E-state index in [2.05, 4.69) is 10.3 Å². The Bertz CT molecular complexity index is 847. The van der Waals surface area contributed by atoms with Crippen LogP contribution in [0.15, 0.2) is 59.1 Å². The van der Waals surface area contributed by atoms with Crippen molar-refractivity contribution in [2.45, 2.75) is 19.4 Å². The molecule has 2 unspecified atom stereocenters. The molecule has 2 N–H and O–H groups in total. The number of rotatable bonds is 7. The Morgan fingerprint density at radius 2 is 1.89 bits per heavy atom. The number of anilines is 2. The maximum absolute atomic E-state index is 11.1. The summed E-state index contributed by atoms with van der Waals surface area (Å²) in [7, 11) is 4.73. The first-order valence-electron chi connectivity index (χ1n) is 8.54. The van der Waals surface area contributed by atoms with Crippen molar-refractivity contribution in [2.24, 2.45) is 5.41 Å². The van der Waals surface area contributed by atoms with Gasteiger partial charge in [-0.15, -0.1) is 11.3 Å². The second kappa shape index (κ2) is 8.02. The molecule has 3 rings (SSSR count). The summed E-state index contributed by atoms with van der Waals surface area (Å²) in [4.78, 5) is 4.57. The van der Waals surface area contributed by atoms with Gasteiger partial charge in [0.25, 0.3) is 0 Å². The average molecular weight is 388 g/mol. The fraction of sp³-hybridized carbons (Fsp3) is 0.350. The Hall–Kier alpha value is -2.51. The number of nitrogens with zero attached hydrogens (tertiary/aromatic N) is 1. The summed E-state index contributed by atoms with van der Waals surface area (Å²) in [5, 5.41) is 16.9. The maximum atomic E-state index is 11.1. The molecule has 6 nitrogen and oxygen atoms in total. The summed E-state index contributed by atoms with van der Waals surface area (Å²) in [6.07, 6.45) is 1.52. The number of aliphatic hydroxyl groups excluding tert-OH is 1. The summed E-state index contributed by atoms with van der Waals surface area (Å²) in [6, 6.07) is 9.81. The molecule has 1 aliphatic carbocycles. The second-order valence-electron chi connectivity index (χ2n) is 6.53. The van der Waals surface area contributed by atoms with E-state index in [0.29, 0.717) is 29.4 Å². The molecule has 2 atom stereocenters. The monoisotopic (exact) mass is 388 g/mol. The second-order valence-corrected chi connectivity index (χ2v) is 7.39. The van der Waals surface area contributed by atoms with Gasteiger partial charge in [-0.3, -0.25) is 0 Å². The molecule has 1 aliphatic rings. The molecule has 144 valence electrons. The van der Waals surface area contributed by atoms with Crippen molar-refractivity contribution in [1.29, 1.82) is 0 Å². The molecule has 2 aromatic rings. The Kier molecular flexibility index (Phi) is 5.72. The highest BCUT2D eigenvalue weighted by molar-refractivity contribution is 7.13. The predicted molar refractivity (Wildman–Crippen MR) is 106 cm³/mol. The minimum Gasteiger partial charge on any atom is -0.497 e. The van der Waals surface area contributed by atoms with Crippen LogP contribution < -0.4 is 5.32 Å². The summed E-state index contributed by atoms with van der Waals surface area (Å²) < 4.78 is 16.3. The molecule has 0 aliphatic heterocycles. The molecule has 0 saturated carbocycles. The summed E-state index contributed by atoms with van der Waals surface area (Å²) in [5.74, 6) is 1.73. The zero-order valence-electron chi connectivity index (χ0n) is 15.9. The minimum atomic E-state index is -0.825. The zero-order valence-corrected chi connectivity index (χ0v) is 16.7. The number of ether oxygens (including phenoxy) is 3. The molecule has 0 saturated heterocycles. The van der Waals surface area contributed by atoms with E-state index in [0.717, 1.165) is 10.8 Å². The number of hydrogen-bond donors (Lipinski definition) is 2. The number of aliphatic hydroxyl groups is 1. The number of benzene rings is 1. The van der Waals surface area contributed by atoms with Crippen LogP contribution in [0.3, 0.4) is 0 Å². The van der Waals surface area contributed by atoms with Gasteiger partial charge in [0.2, 0.25) is 0 Å². The molecule has 27 heavy (non-hydrogen) atoms. The smallest absolute Gasteiger partial charge is 0.198 e. The van der Waals surface area contributed by atoms with Gasteiger partial charge in [-0.1, -0.05) is 25.1 Å². The van der Waals surface area contributed by atoms with E-state index in [1.165, 1.54) is 11.3 Å². The van der Waals surface area contributed by atoms with Crippen LogP contribution in [0.25, 0.3) is 0 Å². The topological polar surface area (TPSA) is 72.8 Å². The fourth-order valence-electron chi connectivity index (χ4n) is 3.14. The lowest BCUT2D eigenvalue weighted by molar-refractivity contribution is 0.0428. The van der Waals surface area contributed by atoms with Crippen molar-refractivity contribution in [2.75, 3.05) is 26.6 Å². The van der Waals surface area contributed by atoms with Crippen molar-refractivity contribution in [3.63, 3.8) is 0 Å². The van der Waals surface area contributed by atoms with E-state index in [9.17, 15) is 5.11 Å². The van der Waals surface area contributed by atoms with E-state index < -0.39 is 11.5 Å². The van der Waals surface area contributed by atoms with Gasteiger partial charge in [-0.05, 0) is 18.2 Å². The molecule has 0 amide bonds. The van der Waals surface area contributed by atoms with Crippen LogP contribution >= 0.6 is 11.3 Å². The van der Waals surface area contributed by atoms with Crippen LogP contribution in [0.2, 0.25) is 0 Å². The highest BCUT2D eigenvalue weighted by atomic mass is 32.1. The van der Waals surface area contributed by atoms with Crippen molar-refractivity contribution in [1.82, 2.24) is 4.98 Å². The fourth-order valence-corrected chi connectivity index (χ4v) is 3.89. The third-order valence-electron chi connectivity index (χ3n) is 4.60. The van der Waals surface area contributed by atoms with Crippen molar-refractivity contribution >= 4 is 22.2 Å². The molecule has 1 heterocycles. The predicted octanol–water partition coefficient (Wildman–Crippen LogP) is 4.36. The van der Waals surface area contributed by atoms with Crippen molar-refractivity contribution < 1.29 is 19.3 Å². The zero-order chi connectivity index (χ0) is 19.4. The number of hydrogen-bond acceptors (Lipinski definition) is 7. The normalized spacial score (nSPS) is 20.7. The van der Waals surface area contributed by atoms with Gasteiger partial charge in [-0.25, -0.2) is 4.98 Å². The Morgan fingerprint density at radius 1 is 1.15 bits per heavy atom. The minimum absolute atomic E-state index is 0.472. The van der Waals surface area contributed by atoms with Crippen LogP contribution in [0.4, 0.5) is 10.8 Å². The third-order valence-corrected chi connectivity index (χ3v) is 5.38. The molecule has 1 aromatic heterocycles. The highest BCUT2D eigenvalue weighted by Crippen LogP contribution is 2.46. The van der Waals surface area contributed by atoms with Crippen LogP contribution in [-0.4, -0.2) is 31.4 Å². The standard InChI is InChI=1S/C20H24N2O4S/c1-20(10-15(24-2)17(26-4)16(11-20)25-3)18(23)14-12-27-19(22-14)21-13-8-6-5-7-9-13/h5-10,12,18,23H,11H2,1-4H3,(H,21,22). The third kappa shape index (κ3) is 3.94. The van der Waals surface area contributed by atoms with Gasteiger partial charge in [0.1, 0.15) is 11.9 Å². The lowest BCUT2D eigenvalue weighted by Gasteiger charge is -2.35. The molecule has 7 heteroatoms. The van der Waals surface area contributed by atoms with Gasteiger partial charge in [0.05, 0.1) is 27.0 Å². The number of nitrogens with one attached hydrogen (secondary N) is 1. The molecular formula is C20H24N2O4S. The van der Waals surface area contributed by atoms with Crippen LogP contribution in [-0.2, 0) is 14.2 Å². The van der Waals surface area contributed by atoms with Gasteiger partial charge in [0.15, 0.2) is 16.6 Å². The molecule has 0 spiro atoms. The summed E-state index contributed by atoms with van der Waals surface area (Å²) in [6.45, 7) is 1.95. The number of allylic oxidation sites excluding steroid dienone is 1. The Morgan fingerprint density at radius 3 is 2.52 bits per heavy atom. The van der Waals surface area contributed by atoms with E-state index in [-0.39, 0.29) is 0 Å². The SMILES string of the molecule is COC1=CC(C)(C(O)c2csc(Nc3ccccc3)n2)CC(OC)=C1OC. The van der Waals surface area contributed by atoms with Crippen LogP contribution in [0, 0.1) is 5.41 Å². The molecule has 1 aromatic carbocycles. The molecular weight excluding hydrogens is 364 g/mol. The average Bonchev–Trinajstić information content (AvgIpc) is 3.15. The largest absolute Gasteiger partial charge is 0.497 e. The van der Waals surface area contributed by atoms with Gasteiger partial charge in [0, 0.05) is 22.9 Å². The lowest BCUT2D eigenvalue weighted by atomic mass is 9.76. The summed E-state index contributed by atoms with van der Waals surface area (Å²) >= 11 is 1.45. The number of aromatic nitrogens is 1. The first kappa shape index (κ1) is 19.3. The van der Waals surface area contributed by atoms with Crippen molar-refractivity contribution in [3.05, 3.63) is 64.8 Å². The molecule has 0 bridgehead atoms. The number of methoxy groups -OCH3 is 3. The summed E-state index contributed by atoms with van der Waals surface area (Å²) in [5.41, 5.74) is 0.910. The maximum Gasteiger partial charge on any atom is 0.198 e. The van der Waals surface area contributed by atoms with Gasteiger partial charge < -0.3 is 24.6 Å². The quantitative estimate of drug-likeness (QED) is 0.734. The van der Waals surface area contributed by atoms with E-state index >= 15 is 0 Å². The number of thiazole rings is 1.